The summed E-state index contributed by atoms with van der Waals surface area (Å²) in [6.07, 6.45) is 4.01. The van der Waals surface area contributed by atoms with Crippen LogP contribution < -0.4 is 9.64 Å². The average Bonchev–Trinajstić information content (AvgIpc) is 3.47. The first-order valence-electron chi connectivity index (χ1n) is 14.1. The number of hydrogen-bond acceptors (Lipinski definition) is 8. The van der Waals surface area contributed by atoms with Crippen LogP contribution in [0.2, 0.25) is 0 Å². The summed E-state index contributed by atoms with van der Waals surface area (Å²) >= 11 is 0. The molecule has 210 valence electrons. The molecule has 1 aliphatic carbocycles. The maximum atomic E-state index is 12.6. The number of hydroxylamine groups is 2. The van der Waals surface area contributed by atoms with E-state index in [0.717, 1.165) is 71.3 Å². The number of pyridine rings is 1. The number of benzene rings is 2. The molecule has 2 aromatic carbocycles. The molecule has 3 aliphatic rings. The molecule has 1 saturated carbocycles. The Morgan fingerprint density at radius 1 is 1.02 bits per heavy atom. The third kappa shape index (κ3) is 4.83. The van der Waals surface area contributed by atoms with E-state index in [2.05, 4.69) is 51.0 Å². The number of anilines is 1. The highest BCUT2D eigenvalue weighted by molar-refractivity contribution is 6.20. The van der Waals surface area contributed by atoms with E-state index >= 15 is 0 Å². The molecular weight excluding hydrogens is 520 g/mol. The maximum Gasteiger partial charge on any atom is 0.285 e. The van der Waals surface area contributed by atoms with Crippen LogP contribution in [0.1, 0.15) is 47.4 Å². The number of carbonyl (C=O) groups is 2. The molecule has 10 heteroatoms. The van der Waals surface area contributed by atoms with E-state index in [4.69, 9.17) is 9.57 Å². The van der Waals surface area contributed by atoms with E-state index < -0.39 is 11.8 Å². The van der Waals surface area contributed by atoms with Crippen LogP contribution in [-0.2, 0) is 4.84 Å². The maximum absolute atomic E-state index is 12.6. The molecule has 7 rings (SSSR count). The van der Waals surface area contributed by atoms with Crippen LogP contribution >= 0.6 is 0 Å². The zero-order chi connectivity index (χ0) is 28.1. The van der Waals surface area contributed by atoms with E-state index in [1.54, 1.807) is 24.3 Å². The number of ether oxygens (including phenoxy) is 1. The summed E-state index contributed by atoms with van der Waals surface area (Å²) in [6, 6.07) is 17.2. The Morgan fingerprint density at radius 2 is 1.80 bits per heavy atom. The Morgan fingerprint density at radius 3 is 2.54 bits per heavy atom. The molecule has 1 atom stereocenters. The van der Waals surface area contributed by atoms with Crippen LogP contribution in [-0.4, -0.2) is 81.4 Å². The summed E-state index contributed by atoms with van der Waals surface area (Å²) in [5.41, 5.74) is 3.59. The number of imide groups is 1. The van der Waals surface area contributed by atoms with Gasteiger partial charge in [-0.1, -0.05) is 12.1 Å². The van der Waals surface area contributed by atoms with Crippen molar-refractivity contribution in [1.29, 1.82) is 0 Å². The van der Waals surface area contributed by atoms with E-state index in [0.29, 0.717) is 17.7 Å². The zero-order valence-corrected chi connectivity index (χ0v) is 23.2. The molecule has 4 heterocycles. The number of aromatic nitrogens is 3. The smallest absolute Gasteiger partial charge is 0.285 e. The number of carbonyl (C=O) groups excluding carboxylic acids is 2. The number of nitrogens with zero attached hydrogens (tertiary/aromatic N) is 5. The van der Waals surface area contributed by atoms with E-state index in [1.165, 1.54) is 0 Å². The van der Waals surface area contributed by atoms with Crippen molar-refractivity contribution in [3.8, 4) is 17.0 Å². The van der Waals surface area contributed by atoms with Crippen molar-refractivity contribution < 1.29 is 19.2 Å². The molecule has 10 nitrogen and oxygen atoms in total. The molecule has 41 heavy (non-hydrogen) atoms. The number of amides is 2. The van der Waals surface area contributed by atoms with Crippen molar-refractivity contribution in [1.82, 2.24) is 25.1 Å². The summed E-state index contributed by atoms with van der Waals surface area (Å²) in [5, 5.41) is 9.69. The Labute approximate surface area is 237 Å². The van der Waals surface area contributed by atoms with Crippen molar-refractivity contribution in [2.24, 2.45) is 0 Å². The monoisotopic (exact) mass is 552 g/mol. The van der Waals surface area contributed by atoms with Gasteiger partial charge >= 0.3 is 0 Å². The lowest BCUT2D eigenvalue weighted by atomic mass is 10.1. The van der Waals surface area contributed by atoms with Crippen LogP contribution in [0.25, 0.3) is 22.2 Å². The lowest BCUT2D eigenvalue weighted by molar-refractivity contribution is -0.0973. The first-order valence-corrected chi connectivity index (χ1v) is 14.1. The highest BCUT2D eigenvalue weighted by atomic mass is 16.7. The Hall–Kier alpha value is -4.28. The highest BCUT2D eigenvalue weighted by Gasteiger charge is 2.40. The van der Waals surface area contributed by atoms with Crippen LogP contribution in [0.3, 0.4) is 0 Å². The number of aromatic amines is 1. The van der Waals surface area contributed by atoms with E-state index in [9.17, 15) is 9.59 Å². The van der Waals surface area contributed by atoms with Gasteiger partial charge in [-0.25, -0.2) is 4.98 Å². The molecule has 0 spiro atoms. The van der Waals surface area contributed by atoms with Gasteiger partial charge < -0.3 is 9.64 Å². The summed E-state index contributed by atoms with van der Waals surface area (Å²) in [7, 11) is 0. The second-order valence-corrected chi connectivity index (χ2v) is 11.3. The topological polar surface area (TPSA) is 104 Å². The molecule has 4 aromatic rings. The van der Waals surface area contributed by atoms with Crippen molar-refractivity contribution in [3.05, 3.63) is 71.9 Å². The molecular formula is C31H32N6O4. The number of nitrogens with one attached hydrogen (secondary N) is 1. The lowest BCUT2D eigenvalue weighted by Crippen LogP contribution is -2.53. The Bertz CT molecular complexity index is 1610. The molecule has 0 radical (unpaired) electrons. The van der Waals surface area contributed by atoms with Gasteiger partial charge in [-0.2, -0.15) is 5.10 Å². The van der Waals surface area contributed by atoms with Crippen LogP contribution in [0.15, 0.2) is 60.8 Å². The third-order valence-electron chi connectivity index (χ3n) is 8.32. The SMILES string of the molecule is C[C@H]1CN(c2cc(-c3n[nH]c4ccc(OC5(C)CC5)cc34)ccn2)CCN1CCON1C(=O)c2ccccc2C1=O. The number of H-pyrrole nitrogens is 1. The Balaban J connectivity index is 0.989. The molecule has 1 N–H and O–H groups in total. The largest absolute Gasteiger partial charge is 0.488 e. The van der Waals surface area contributed by atoms with Crippen LogP contribution in [0.5, 0.6) is 5.75 Å². The molecule has 2 fully saturated rings. The first kappa shape index (κ1) is 25.7. The molecule has 2 aliphatic heterocycles. The van der Waals surface area contributed by atoms with Gasteiger partial charge in [0, 0.05) is 49.4 Å². The van der Waals surface area contributed by atoms with Crippen molar-refractivity contribution in [2.45, 2.75) is 38.3 Å². The van der Waals surface area contributed by atoms with E-state index in [1.807, 2.05) is 24.4 Å². The quantitative estimate of drug-likeness (QED) is 0.323. The second-order valence-electron chi connectivity index (χ2n) is 11.3. The molecule has 1 saturated heterocycles. The van der Waals surface area contributed by atoms with Crippen molar-refractivity contribution in [2.75, 3.05) is 37.7 Å². The van der Waals surface area contributed by atoms with Gasteiger partial charge in [-0.3, -0.25) is 24.4 Å². The normalized spacial score (nSPS) is 20.1. The fourth-order valence-corrected chi connectivity index (χ4v) is 5.65. The van der Waals surface area contributed by atoms with Crippen LogP contribution in [0, 0.1) is 0 Å². The van der Waals surface area contributed by atoms with Gasteiger partial charge in [0.25, 0.3) is 11.8 Å². The molecule has 2 amide bonds. The number of hydrogen-bond donors (Lipinski definition) is 1. The number of piperazine rings is 1. The molecule has 0 unspecified atom stereocenters. The Kier molecular flexibility index (Phi) is 6.24. The second kappa shape index (κ2) is 9.97. The van der Waals surface area contributed by atoms with Crippen LogP contribution in [0.4, 0.5) is 5.82 Å². The predicted octanol–water partition coefficient (Wildman–Crippen LogP) is 4.29. The van der Waals surface area contributed by atoms with Crippen molar-refractivity contribution >= 4 is 28.5 Å². The standard InChI is InChI=1S/C31H32N6O4/c1-20-19-36(14-13-35(20)15-16-40-37-29(38)23-5-3-4-6-24(23)30(37)39)27-17-21(9-12-32-27)28-25-18-22(41-31(2)10-11-31)7-8-26(25)33-34-28/h3-9,12,17-18,20H,10-11,13-16,19H2,1-2H3,(H,33,34)/t20-/m0/s1. The fraction of sp³-hybridized carbons (Fsp3) is 0.355. The minimum Gasteiger partial charge on any atom is -0.488 e. The van der Waals surface area contributed by atoms with E-state index in [-0.39, 0.29) is 18.2 Å². The third-order valence-corrected chi connectivity index (χ3v) is 8.32. The van der Waals surface area contributed by atoms with Gasteiger partial charge in [0.2, 0.25) is 0 Å². The van der Waals surface area contributed by atoms with Gasteiger partial charge in [-0.05, 0) is 69.2 Å². The number of fused-ring (bicyclic) bond motifs is 2. The summed E-state index contributed by atoms with van der Waals surface area (Å²) in [4.78, 5) is 40.0. The minimum absolute atomic E-state index is 0.0404. The van der Waals surface area contributed by atoms with Gasteiger partial charge in [-0.15, -0.1) is 5.06 Å². The highest BCUT2D eigenvalue weighted by Crippen LogP contribution is 2.40. The van der Waals surface area contributed by atoms with Gasteiger partial charge in [0.1, 0.15) is 22.9 Å². The molecule has 2 aromatic heterocycles. The summed E-state index contributed by atoms with van der Waals surface area (Å²) in [5.74, 6) is 0.969. The van der Waals surface area contributed by atoms with Crippen molar-refractivity contribution in [3.63, 3.8) is 0 Å². The summed E-state index contributed by atoms with van der Waals surface area (Å²) < 4.78 is 6.19. The number of rotatable bonds is 8. The van der Waals surface area contributed by atoms with Gasteiger partial charge in [0.15, 0.2) is 0 Å². The zero-order valence-electron chi connectivity index (χ0n) is 23.2. The average molecular weight is 553 g/mol. The molecule has 0 bridgehead atoms. The lowest BCUT2D eigenvalue weighted by Gasteiger charge is -2.40. The first-order chi connectivity index (χ1) is 19.9. The fourth-order valence-electron chi connectivity index (χ4n) is 5.65. The summed E-state index contributed by atoms with van der Waals surface area (Å²) in [6.45, 7) is 7.57. The minimum atomic E-state index is -0.403. The predicted molar refractivity (Wildman–Crippen MR) is 154 cm³/mol. The van der Waals surface area contributed by atoms with Gasteiger partial charge in [0.05, 0.1) is 23.3 Å².